The second kappa shape index (κ2) is 6.39. The van der Waals surface area contributed by atoms with Crippen molar-refractivity contribution in [3.05, 3.63) is 59.7 Å². The van der Waals surface area contributed by atoms with Crippen LogP contribution in [0.15, 0.2) is 48.5 Å². The Morgan fingerprint density at radius 2 is 1.63 bits per heavy atom. The normalized spacial score (nSPS) is 12.2. The van der Waals surface area contributed by atoms with E-state index in [1.165, 1.54) is 5.56 Å². The van der Waals surface area contributed by atoms with E-state index in [-0.39, 0.29) is 0 Å². The van der Waals surface area contributed by atoms with E-state index in [0.29, 0.717) is 12.5 Å². The maximum absolute atomic E-state index is 6.07. The summed E-state index contributed by atoms with van der Waals surface area (Å²) in [6.07, 6.45) is 0.966. The van der Waals surface area contributed by atoms with Crippen LogP contribution in [0.25, 0.3) is 0 Å². The van der Waals surface area contributed by atoms with Crippen molar-refractivity contribution in [1.82, 2.24) is 0 Å². The molecule has 0 radical (unpaired) electrons. The van der Waals surface area contributed by atoms with Gasteiger partial charge in [-0.15, -0.1) is 0 Å². The molecule has 0 spiro atoms. The number of aryl methyl sites for hydroxylation is 1. The van der Waals surface area contributed by atoms with Crippen molar-refractivity contribution in [3.8, 4) is 11.5 Å². The minimum Gasteiger partial charge on any atom is -0.457 e. The van der Waals surface area contributed by atoms with Gasteiger partial charge in [0.2, 0.25) is 0 Å². The predicted molar refractivity (Wildman–Crippen MR) is 79.8 cm³/mol. The van der Waals surface area contributed by atoms with Crippen molar-refractivity contribution in [3.63, 3.8) is 0 Å². The molecule has 0 aromatic heterocycles. The first-order valence-electron chi connectivity index (χ1n) is 6.75. The van der Waals surface area contributed by atoms with E-state index in [1.807, 2.05) is 36.4 Å². The summed E-state index contributed by atoms with van der Waals surface area (Å²) in [5.41, 5.74) is 8.01. The molecule has 2 aromatic carbocycles. The standard InChI is InChI=1S/C17H21NO/c1-13(11-12-18)15-8-4-6-10-17(15)19-16-9-5-3-7-14(16)2/h3-10,13H,11-12,18H2,1-2H3. The van der Waals surface area contributed by atoms with Gasteiger partial charge in [-0.3, -0.25) is 0 Å². The van der Waals surface area contributed by atoms with Crippen molar-refractivity contribution in [1.29, 1.82) is 0 Å². The van der Waals surface area contributed by atoms with Crippen LogP contribution >= 0.6 is 0 Å². The third-order valence-electron chi connectivity index (χ3n) is 3.36. The number of benzene rings is 2. The van der Waals surface area contributed by atoms with Crippen LogP contribution in [0.3, 0.4) is 0 Å². The Morgan fingerprint density at radius 3 is 2.32 bits per heavy atom. The molecule has 19 heavy (non-hydrogen) atoms. The zero-order valence-corrected chi connectivity index (χ0v) is 11.6. The van der Waals surface area contributed by atoms with Crippen LogP contribution in [0, 0.1) is 6.92 Å². The summed E-state index contributed by atoms with van der Waals surface area (Å²) in [5.74, 6) is 2.25. The molecule has 0 saturated carbocycles. The van der Waals surface area contributed by atoms with Crippen molar-refractivity contribution in [2.24, 2.45) is 5.73 Å². The Kier molecular flexibility index (Phi) is 4.58. The lowest BCUT2D eigenvalue weighted by Gasteiger charge is -2.17. The molecule has 0 bridgehead atoms. The Hall–Kier alpha value is -1.80. The van der Waals surface area contributed by atoms with Gasteiger partial charge >= 0.3 is 0 Å². The highest BCUT2D eigenvalue weighted by atomic mass is 16.5. The smallest absolute Gasteiger partial charge is 0.130 e. The van der Waals surface area contributed by atoms with Gasteiger partial charge in [0.15, 0.2) is 0 Å². The summed E-state index contributed by atoms with van der Waals surface area (Å²) < 4.78 is 6.07. The van der Waals surface area contributed by atoms with Crippen molar-refractivity contribution in [2.75, 3.05) is 6.54 Å². The quantitative estimate of drug-likeness (QED) is 0.867. The van der Waals surface area contributed by atoms with Gasteiger partial charge in [-0.2, -0.15) is 0 Å². The fraction of sp³-hybridized carbons (Fsp3) is 0.294. The molecule has 0 fully saturated rings. The number of hydrogen-bond acceptors (Lipinski definition) is 2. The van der Waals surface area contributed by atoms with Crippen molar-refractivity contribution in [2.45, 2.75) is 26.2 Å². The van der Waals surface area contributed by atoms with Crippen LogP contribution in [0.2, 0.25) is 0 Å². The number of hydrogen-bond donors (Lipinski definition) is 1. The van der Waals surface area contributed by atoms with Crippen LogP contribution in [0.5, 0.6) is 11.5 Å². The lowest BCUT2D eigenvalue weighted by Crippen LogP contribution is -2.05. The number of ether oxygens (including phenoxy) is 1. The molecule has 2 N–H and O–H groups in total. The summed E-state index contributed by atoms with van der Waals surface area (Å²) in [5, 5.41) is 0. The van der Waals surface area contributed by atoms with Gasteiger partial charge in [-0.1, -0.05) is 43.3 Å². The van der Waals surface area contributed by atoms with Crippen LogP contribution < -0.4 is 10.5 Å². The Bertz CT molecular complexity index is 536. The van der Waals surface area contributed by atoms with Crippen LogP contribution in [0.4, 0.5) is 0 Å². The Labute approximate surface area is 115 Å². The van der Waals surface area contributed by atoms with Gasteiger partial charge in [0, 0.05) is 0 Å². The van der Waals surface area contributed by atoms with Crippen LogP contribution in [0.1, 0.15) is 30.4 Å². The average Bonchev–Trinajstić information content (AvgIpc) is 2.42. The highest BCUT2D eigenvalue weighted by Gasteiger charge is 2.11. The molecule has 100 valence electrons. The van der Waals surface area contributed by atoms with E-state index in [1.54, 1.807) is 0 Å². The highest BCUT2D eigenvalue weighted by molar-refractivity contribution is 5.42. The summed E-state index contributed by atoms with van der Waals surface area (Å²) in [6, 6.07) is 16.3. The average molecular weight is 255 g/mol. The minimum atomic E-state index is 0.408. The van der Waals surface area contributed by atoms with E-state index in [9.17, 15) is 0 Å². The van der Waals surface area contributed by atoms with E-state index in [4.69, 9.17) is 10.5 Å². The van der Waals surface area contributed by atoms with Crippen molar-refractivity contribution < 1.29 is 4.74 Å². The molecule has 0 aliphatic rings. The molecule has 1 atom stereocenters. The third kappa shape index (κ3) is 3.36. The molecule has 2 aromatic rings. The van der Waals surface area contributed by atoms with Gasteiger partial charge in [0.05, 0.1) is 0 Å². The molecule has 0 aliphatic heterocycles. The predicted octanol–water partition coefficient (Wildman–Crippen LogP) is 4.24. The van der Waals surface area contributed by atoms with Crippen LogP contribution in [-0.4, -0.2) is 6.54 Å². The zero-order valence-electron chi connectivity index (χ0n) is 11.6. The molecule has 0 aliphatic carbocycles. The fourth-order valence-electron chi connectivity index (χ4n) is 2.18. The first-order chi connectivity index (χ1) is 9.22. The summed E-state index contributed by atoms with van der Waals surface area (Å²) in [7, 11) is 0. The van der Waals surface area contributed by atoms with Gasteiger partial charge in [0.25, 0.3) is 0 Å². The maximum Gasteiger partial charge on any atom is 0.130 e. The monoisotopic (exact) mass is 255 g/mol. The van der Waals surface area contributed by atoms with Gasteiger partial charge in [0.1, 0.15) is 11.5 Å². The molecule has 0 saturated heterocycles. The maximum atomic E-state index is 6.07. The second-order valence-corrected chi connectivity index (χ2v) is 4.88. The highest BCUT2D eigenvalue weighted by Crippen LogP contribution is 2.32. The second-order valence-electron chi connectivity index (χ2n) is 4.88. The zero-order chi connectivity index (χ0) is 13.7. The lowest BCUT2D eigenvalue weighted by molar-refractivity contribution is 0.466. The molecule has 2 rings (SSSR count). The molecule has 2 nitrogen and oxygen atoms in total. The molecule has 0 heterocycles. The SMILES string of the molecule is Cc1ccccc1Oc1ccccc1C(C)CCN. The molecular formula is C17H21NO. The number of rotatable bonds is 5. The molecule has 1 unspecified atom stereocenters. The topological polar surface area (TPSA) is 35.2 Å². The van der Waals surface area contributed by atoms with E-state index in [0.717, 1.165) is 23.5 Å². The van der Waals surface area contributed by atoms with Crippen molar-refractivity contribution >= 4 is 0 Å². The lowest BCUT2D eigenvalue weighted by atomic mass is 9.97. The van der Waals surface area contributed by atoms with Gasteiger partial charge in [-0.25, -0.2) is 0 Å². The Balaban J connectivity index is 2.28. The molecular weight excluding hydrogens is 234 g/mol. The van der Waals surface area contributed by atoms with E-state index < -0.39 is 0 Å². The van der Waals surface area contributed by atoms with E-state index in [2.05, 4.69) is 26.0 Å². The number of nitrogens with two attached hydrogens (primary N) is 1. The summed E-state index contributed by atoms with van der Waals surface area (Å²) in [6.45, 7) is 4.94. The van der Waals surface area contributed by atoms with Gasteiger partial charge in [-0.05, 0) is 49.1 Å². The van der Waals surface area contributed by atoms with Gasteiger partial charge < -0.3 is 10.5 Å². The largest absolute Gasteiger partial charge is 0.457 e. The molecule has 2 heteroatoms. The number of para-hydroxylation sites is 2. The first-order valence-corrected chi connectivity index (χ1v) is 6.75. The Morgan fingerprint density at radius 1 is 1.00 bits per heavy atom. The summed E-state index contributed by atoms with van der Waals surface area (Å²) in [4.78, 5) is 0. The molecule has 0 amide bonds. The minimum absolute atomic E-state index is 0.408. The summed E-state index contributed by atoms with van der Waals surface area (Å²) >= 11 is 0. The van der Waals surface area contributed by atoms with E-state index >= 15 is 0 Å². The third-order valence-corrected chi connectivity index (χ3v) is 3.36. The first kappa shape index (κ1) is 13.6. The fourth-order valence-corrected chi connectivity index (χ4v) is 2.18. The van der Waals surface area contributed by atoms with Crippen LogP contribution in [-0.2, 0) is 0 Å².